The van der Waals surface area contributed by atoms with Gasteiger partial charge in [-0.3, -0.25) is 4.72 Å². The molecule has 5 N–H and O–H groups in total. The summed E-state index contributed by atoms with van der Waals surface area (Å²) in [5.74, 6) is -0.146. The second-order valence-electron chi connectivity index (χ2n) is 8.07. The van der Waals surface area contributed by atoms with Gasteiger partial charge in [-0.05, 0) is 43.2 Å². The summed E-state index contributed by atoms with van der Waals surface area (Å²) < 4.78 is 41.3. The minimum absolute atomic E-state index is 0.00297. The first-order valence-electron chi connectivity index (χ1n) is 10.5. The van der Waals surface area contributed by atoms with Gasteiger partial charge >= 0.3 is 5.97 Å². The molecule has 0 bridgehead atoms. The zero-order chi connectivity index (χ0) is 24.9. The Balaban J connectivity index is 1.45. The molecular weight excluding hydrogens is 468 g/mol. The van der Waals surface area contributed by atoms with Gasteiger partial charge in [-0.15, -0.1) is 0 Å². The van der Waals surface area contributed by atoms with Crippen molar-refractivity contribution in [1.82, 2.24) is 5.32 Å². The lowest BCUT2D eigenvalue weighted by molar-refractivity contribution is -0.147. The van der Waals surface area contributed by atoms with Crippen LogP contribution in [0.25, 0.3) is 0 Å². The van der Waals surface area contributed by atoms with Gasteiger partial charge in [0, 0.05) is 18.7 Å². The van der Waals surface area contributed by atoms with Crippen LogP contribution in [0.4, 0.5) is 5.69 Å². The van der Waals surface area contributed by atoms with Crippen molar-refractivity contribution in [3.63, 3.8) is 0 Å². The number of ether oxygens (including phenoxy) is 3. The van der Waals surface area contributed by atoms with Crippen LogP contribution in [0, 0.1) is 0 Å². The third-order valence-electron chi connectivity index (χ3n) is 4.89. The highest BCUT2D eigenvalue weighted by Gasteiger charge is 2.27. The van der Waals surface area contributed by atoms with E-state index in [2.05, 4.69) is 10.0 Å². The third-order valence-corrected chi connectivity index (χ3v) is 5.48. The highest BCUT2D eigenvalue weighted by molar-refractivity contribution is 7.92. The number of benzene rings is 2. The first kappa shape index (κ1) is 25.4. The number of carboxylic acid groups (broad SMARTS) is 1. The van der Waals surface area contributed by atoms with Crippen LogP contribution in [-0.2, 0) is 21.2 Å². The van der Waals surface area contributed by atoms with Gasteiger partial charge < -0.3 is 34.8 Å². The van der Waals surface area contributed by atoms with Crippen molar-refractivity contribution in [2.24, 2.45) is 0 Å². The first-order chi connectivity index (χ1) is 16.0. The van der Waals surface area contributed by atoms with Crippen molar-refractivity contribution >= 4 is 21.7 Å². The summed E-state index contributed by atoms with van der Waals surface area (Å²) in [6.07, 6.45) is -0.260. The van der Waals surface area contributed by atoms with E-state index in [0.29, 0.717) is 17.9 Å². The summed E-state index contributed by atoms with van der Waals surface area (Å²) in [4.78, 5) is 11.0. The Hall–Kier alpha value is -3.22. The Kier molecular flexibility index (Phi) is 8.07. The van der Waals surface area contributed by atoms with Crippen molar-refractivity contribution in [2.45, 2.75) is 31.6 Å². The van der Waals surface area contributed by atoms with Gasteiger partial charge in [-0.25, -0.2) is 13.2 Å². The maximum absolute atomic E-state index is 11.4. The number of phenolic OH excluding ortho intramolecular Hbond substituents is 1. The normalized spacial score (nSPS) is 17.0. The number of aromatic hydroxyl groups is 1. The van der Waals surface area contributed by atoms with Gasteiger partial charge in [0.05, 0.1) is 11.9 Å². The Morgan fingerprint density at radius 3 is 2.71 bits per heavy atom. The van der Waals surface area contributed by atoms with E-state index >= 15 is 0 Å². The first-order valence-corrected chi connectivity index (χ1v) is 12.4. The van der Waals surface area contributed by atoms with Crippen LogP contribution < -0.4 is 24.2 Å². The number of aliphatic hydroxyl groups excluding tert-OH is 1. The minimum Gasteiger partial charge on any atom is -0.506 e. The van der Waals surface area contributed by atoms with Crippen molar-refractivity contribution in [3.8, 4) is 23.0 Å². The number of hydrogen-bond acceptors (Lipinski definition) is 9. The number of phenols is 1. The summed E-state index contributed by atoms with van der Waals surface area (Å²) in [7, 11) is -3.57. The number of aliphatic hydroxyl groups is 1. The number of fused-ring (bicyclic) bond motifs is 1. The number of aliphatic carboxylic acids is 1. The number of rotatable bonds is 11. The molecule has 0 unspecified atom stereocenters. The lowest BCUT2D eigenvalue weighted by Gasteiger charge is -2.24. The van der Waals surface area contributed by atoms with Gasteiger partial charge in [-0.2, -0.15) is 0 Å². The van der Waals surface area contributed by atoms with E-state index in [-0.39, 0.29) is 43.0 Å². The van der Waals surface area contributed by atoms with Gasteiger partial charge in [-0.1, -0.05) is 6.07 Å². The van der Waals surface area contributed by atoms with Crippen LogP contribution in [0.3, 0.4) is 0 Å². The van der Waals surface area contributed by atoms with Crippen molar-refractivity contribution in [3.05, 3.63) is 42.0 Å². The molecular formula is C22H28N2O9S. The number of hydrogen-bond donors (Lipinski definition) is 5. The fraction of sp³-hybridized carbons (Fsp3) is 0.409. The molecule has 1 aliphatic rings. The maximum atomic E-state index is 11.4. The molecule has 34 heavy (non-hydrogen) atoms. The Labute approximate surface area is 197 Å². The lowest BCUT2D eigenvalue weighted by Crippen LogP contribution is -2.37. The number of carboxylic acids is 1. The molecule has 0 amide bonds. The summed E-state index contributed by atoms with van der Waals surface area (Å²) in [5, 5.41) is 32.2. The smallest absolute Gasteiger partial charge is 0.348 e. The highest BCUT2D eigenvalue weighted by atomic mass is 32.2. The zero-order valence-electron chi connectivity index (χ0n) is 18.7. The maximum Gasteiger partial charge on any atom is 0.348 e. The van der Waals surface area contributed by atoms with Crippen molar-refractivity contribution in [1.29, 1.82) is 0 Å². The zero-order valence-corrected chi connectivity index (χ0v) is 19.5. The number of carbonyl (C=O) groups is 1. The molecule has 2 aromatic rings. The van der Waals surface area contributed by atoms with Crippen LogP contribution in [0.2, 0.25) is 0 Å². The average Bonchev–Trinajstić information content (AvgIpc) is 2.76. The number of nitrogens with one attached hydrogen (secondary N) is 2. The molecule has 0 aliphatic carbocycles. The molecule has 11 nitrogen and oxygen atoms in total. The predicted molar refractivity (Wildman–Crippen MR) is 123 cm³/mol. The van der Waals surface area contributed by atoms with Gasteiger partial charge in [0.1, 0.15) is 30.8 Å². The molecule has 2 aromatic carbocycles. The molecule has 0 fully saturated rings. The summed E-state index contributed by atoms with van der Waals surface area (Å²) in [6, 6.07) is 9.41. The second-order valence-corrected chi connectivity index (χ2v) is 9.82. The molecule has 1 heterocycles. The second kappa shape index (κ2) is 10.8. The van der Waals surface area contributed by atoms with E-state index in [4.69, 9.17) is 19.3 Å². The van der Waals surface area contributed by atoms with Crippen LogP contribution in [-0.4, -0.2) is 74.0 Å². The van der Waals surface area contributed by atoms with E-state index in [1.165, 1.54) is 18.2 Å². The molecule has 0 radical (unpaired) electrons. The Morgan fingerprint density at radius 2 is 2.00 bits per heavy atom. The van der Waals surface area contributed by atoms with Crippen LogP contribution in [0.1, 0.15) is 12.5 Å². The molecule has 1 aliphatic heterocycles. The van der Waals surface area contributed by atoms with E-state index in [9.17, 15) is 23.4 Å². The van der Waals surface area contributed by atoms with Gasteiger partial charge in [0.25, 0.3) is 0 Å². The van der Waals surface area contributed by atoms with Gasteiger partial charge in [0.2, 0.25) is 16.1 Å². The molecule has 0 saturated carbocycles. The molecule has 186 valence electrons. The van der Waals surface area contributed by atoms with E-state index in [1.807, 2.05) is 13.0 Å². The van der Waals surface area contributed by atoms with Crippen LogP contribution in [0.5, 0.6) is 23.0 Å². The monoisotopic (exact) mass is 496 g/mol. The lowest BCUT2D eigenvalue weighted by atomic mass is 10.1. The summed E-state index contributed by atoms with van der Waals surface area (Å²) >= 11 is 0. The molecule has 3 rings (SSSR count). The molecule has 0 aromatic heterocycles. The fourth-order valence-corrected chi connectivity index (χ4v) is 3.83. The Morgan fingerprint density at radius 1 is 1.24 bits per heavy atom. The van der Waals surface area contributed by atoms with Crippen molar-refractivity contribution < 1.29 is 42.7 Å². The number of sulfonamides is 1. The summed E-state index contributed by atoms with van der Waals surface area (Å²) in [6.45, 7) is 2.10. The SMILES string of the molecule is C[C@H](Cc1ccc2c(c1)OC[C@H](C(=O)O)O2)NC[C@H](O)COc1ccc(O)c(NS(C)(=O)=O)c1. The fourth-order valence-electron chi connectivity index (χ4n) is 3.26. The largest absolute Gasteiger partial charge is 0.506 e. The van der Waals surface area contributed by atoms with Gasteiger partial charge in [0.15, 0.2) is 11.5 Å². The highest BCUT2D eigenvalue weighted by Crippen LogP contribution is 2.33. The summed E-state index contributed by atoms with van der Waals surface area (Å²) in [5.41, 5.74) is 0.941. The van der Waals surface area contributed by atoms with E-state index in [0.717, 1.165) is 11.8 Å². The molecule has 12 heteroatoms. The molecule has 3 atom stereocenters. The Bertz CT molecular complexity index is 1120. The minimum atomic E-state index is -3.57. The van der Waals surface area contributed by atoms with Crippen molar-refractivity contribution in [2.75, 3.05) is 30.7 Å². The van der Waals surface area contributed by atoms with Crippen LogP contribution in [0.15, 0.2) is 36.4 Å². The third kappa shape index (κ3) is 7.40. The molecule has 0 saturated heterocycles. The predicted octanol–water partition coefficient (Wildman–Crippen LogP) is 0.949. The van der Waals surface area contributed by atoms with E-state index < -0.39 is 28.2 Å². The molecule has 0 spiro atoms. The average molecular weight is 497 g/mol. The standard InChI is InChI=1S/C22H28N2O9S/c1-13(7-14-3-6-19-20(8-14)32-12-21(33-19)22(27)28)23-10-15(25)11-31-16-4-5-18(26)17(9-16)24-34(2,29)30/h3-6,8-9,13,15,21,23-26H,7,10-12H2,1-2H3,(H,27,28)/t13-,15+,21-/m1/s1. The van der Waals surface area contributed by atoms with Crippen LogP contribution >= 0.6 is 0 Å². The topological polar surface area (TPSA) is 164 Å². The number of anilines is 1. The van der Waals surface area contributed by atoms with E-state index in [1.54, 1.807) is 12.1 Å². The quantitative estimate of drug-likeness (QED) is 0.283.